The van der Waals surface area contributed by atoms with Gasteiger partial charge < -0.3 is 10.6 Å². The first-order valence-corrected chi connectivity index (χ1v) is 7.40. The largest absolute Gasteiger partial charge is 0.349 e. The van der Waals surface area contributed by atoms with E-state index in [9.17, 15) is 9.18 Å². The third-order valence-corrected chi connectivity index (χ3v) is 4.19. The zero-order valence-corrected chi connectivity index (χ0v) is 12.7. The van der Waals surface area contributed by atoms with Crippen LogP contribution >= 0.6 is 23.2 Å². The summed E-state index contributed by atoms with van der Waals surface area (Å²) in [5.74, 6) is -0.533. The minimum absolute atomic E-state index is 0.00887. The summed E-state index contributed by atoms with van der Waals surface area (Å²) in [5, 5.41) is 6.44. The molecule has 6 heteroatoms. The monoisotopic (exact) mass is 318 g/mol. The Hall–Kier alpha value is -0.840. The summed E-state index contributed by atoms with van der Waals surface area (Å²) in [5.41, 5.74) is 0.538. The number of benzene rings is 1. The number of hydrogen-bond acceptors (Lipinski definition) is 2. The van der Waals surface area contributed by atoms with Crippen LogP contribution in [0.2, 0.25) is 10.0 Å². The maximum atomic E-state index is 13.5. The van der Waals surface area contributed by atoms with E-state index in [1.807, 2.05) is 0 Å². The molecule has 3 nitrogen and oxygen atoms in total. The molecule has 1 aromatic carbocycles. The molecule has 1 saturated heterocycles. The Kier molecular flexibility index (Phi) is 5.24. The predicted octanol–water partition coefficient (Wildman–Crippen LogP) is 3.31. The number of nitrogens with one attached hydrogen (secondary N) is 2. The van der Waals surface area contributed by atoms with Crippen molar-refractivity contribution in [2.75, 3.05) is 13.1 Å². The van der Waals surface area contributed by atoms with Crippen LogP contribution in [0.1, 0.15) is 31.4 Å². The number of piperidine rings is 1. The Morgan fingerprint density at radius 3 is 2.65 bits per heavy atom. The van der Waals surface area contributed by atoms with E-state index in [-0.39, 0.29) is 22.9 Å². The quantitative estimate of drug-likeness (QED) is 0.839. The minimum Gasteiger partial charge on any atom is -0.349 e. The third kappa shape index (κ3) is 3.62. The van der Waals surface area contributed by atoms with E-state index in [0.29, 0.717) is 10.6 Å². The van der Waals surface area contributed by atoms with E-state index in [0.717, 1.165) is 25.9 Å². The normalized spacial score (nSPS) is 17.8. The van der Waals surface area contributed by atoms with Crippen molar-refractivity contribution in [1.29, 1.82) is 0 Å². The molecular weight excluding hydrogens is 302 g/mol. The molecule has 0 spiro atoms. The molecule has 1 aromatic rings. The van der Waals surface area contributed by atoms with Crippen molar-refractivity contribution < 1.29 is 9.18 Å². The summed E-state index contributed by atoms with van der Waals surface area (Å²) in [6.45, 7) is 3.49. The van der Waals surface area contributed by atoms with Crippen molar-refractivity contribution in [1.82, 2.24) is 10.6 Å². The van der Waals surface area contributed by atoms with E-state index in [4.69, 9.17) is 23.2 Å². The number of amides is 1. The van der Waals surface area contributed by atoms with E-state index in [2.05, 4.69) is 10.6 Å². The molecule has 1 atom stereocenters. The lowest BCUT2D eigenvalue weighted by Gasteiger charge is -2.24. The van der Waals surface area contributed by atoms with Crippen LogP contribution in [0, 0.1) is 11.7 Å². The van der Waals surface area contributed by atoms with Gasteiger partial charge in [-0.25, -0.2) is 4.39 Å². The molecule has 1 fully saturated rings. The van der Waals surface area contributed by atoms with Crippen LogP contribution in [-0.2, 0) is 4.79 Å². The number of carbonyl (C=O) groups is 1. The Balaban J connectivity index is 2.05. The molecule has 0 aliphatic carbocycles. The van der Waals surface area contributed by atoms with Crippen molar-refractivity contribution in [3.05, 3.63) is 33.6 Å². The van der Waals surface area contributed by atoms with Crippen molar-refractivity contribution in [3.8, 4) is 0 Å². The van der Waals surface area contributed by atoms with E-state index in [1.54, 1.807) is 6.92 Å². The van der Waals surface area contributed by atoms with Gasteiger partial charge in [0, 0.05) is 10.9 Å². The van der Waals surface area contributed by atoms with E-state index in [1.165, 1.54) is 12.1 Å². The molecule has 1 heterocycles. The number of carbonyl (C=O) groups excluding carboxylic acids is 1. The van der Waals surface area contributed by atoms with Gasteiger partial charge in [0.25, 0.3) is 0 Å². The zero-order valence-electron chi connectivity index (χ0n) is 11.2. The van der Waals surface area contributed by atoms with Crippen LogP contribution in [0.5, 0.6) is 0 Å². The van der Waals surface area contributed by atoms with Crippen LogP contribution < -0.4 is 10.6 Å². The molecule has 0 saturated carbocycles. The second kappa shape index (κ2) is 6.74. The van der Waals surface area contributed by atoms with Crippen molar-refractivity contribution in [2.45, 2.75) is 25.8 Å². The second-order valence-corrected chi connectivity index (χ2v) is 5.86. The first-order chi connectivity index (χ1) is 9.49. The standard InChI is InChI=1S/C14H17Cl2FN2O/c1-8(10-6-13(17)12(16)7-11(10)15)19-14(20)9-2-4-18-5-3-9/h6-9,18H,2-5H2,1H3,(H,19,20). The first kappa shape index (κ1) is 15.5. The van der Waals surface area contributed by atoms with Gasteiger partial charge in [-0.05, 0) is 50.6 Å². The topological polar surface area (TPSA) is 41.1 Å². The molecule has 1 unspecified atom stereocenters. The van der Waals surface area contributed by atoms with Crippen LogP contribution in [0.15, 0.2) is 12.1 Å². The molecule has 20 heavy (non-hydrogen) atoms. The third-order valence-electron chi connectivity index (χ3n) is 3.57. The molecule has 0 bridgehead atoms. The predicted molar refractivity (Wildman–Crippen MR) is 78.6 cm³/mol. The Morgan fingerprint density at radius 2 is 2.00 bits per heavy atom. The van der Waals surface area contributed by atoms with E-state index >= 15 is 0 Å². The van der Waals surface area contributed by atoms with Crippen molar-refractivity contribution in [3.63, 3.8) is 0 Å². The fraction of sp³-hybridized carbons (Fsp3) is 0.500. The van der Waals surface area contributed by atoms with Gasteiger partial charge in [0.05, 0.1) is 11.1 Å². The minimum atomic E-state index is -0.533. The number of hydrogen-bond donors (Lipinski definition) is 2. The summed E-state index contributed by atoms with van der Waals surface area (Å²) in [7, 11) is 0. The summed E-state index contributed by atoms with van der Waals surface area (Å²) >= 11 is 11.7. The van der Waals surface area contributed by atoms with Gasteiger partial charge >= 0.3 is 0 Å². The maximum absolute atomic E-state index is 13.5. The molecule has 2 N–H and O–H groups in total. The zero-order chi connectivity index (χ0) is 14.7. The fourth-order valence-corrected chi connectivity index (χ4v) is 2.91. The lowest BCUT2D eigenvalue weighted by atomic mass is 9.96. The second-order valence-electron chi connectivity index (χ2n) is 5.04. The molecule has 0 aromatic heterocycles. The van der Waals surface area contributed by atoms with Crippen LogP contribution in [0.3, 0.4) is 0 Å². The Morgan fingerprint density at radius 1 is 1.35 bits per heavy atom. The van der Waals surface area contributed by atoms with Crippen molar-refractivity contribution in [2.24, 2.45) is 5.92 Å². The van der Waals surface area contributed by atoms with Gasteiger partial charge in [0.2, 0.25) is 5.91 Å². The summed E-state index contributed by atoms with van der Waals surface area (Å²) in [6, 6.07) is 2.29. The van der Waals surface area contributed by atoms with Gasteiger partial charge in [-0.3, -0.25) is 4.79 Å². The van der Waals surface area contributed by atoms with Crippen LogP contribution in [0.25, 0.3) is 0 Å². The Labute approximate surface area is 127 Å². The van der Waals surface area contributed by atoms with Gasteiger partial charge in [0.1, 0.15) is 5.82 Å². The lowest BCUT2D eigenvalue weighted by Crippen LogP contribution is -2.39. The van der Waals surface area contributed by atoms with Gasteiger partial charge in [-0.2, -0.15) is 0 Å². The maximum Gasteiger partial charge on any atom is 0.223 e. The van der Waals surface area contributed by atoms with Gasteiger partial charge in [-0.15, -0.1) is 0 Å². The molecule has 1 amide bonds. The highest BCUT2D eigenvalue weighted by molar-refractivity contribution is 6.35. The average Bonchev–Trinajstić information content (AvgIpc) is 2.43. The molecule has 2 rings (SSSR count). The molecular formula is C14H17Cl2FN2O. The number of halogens is 3. The molecule has 110 valence electrons. The molecule has 0 radical (unpaired) electrons. The van der Waals surface area contributed by atoms with E-state index < -0.39 is 5.82 Å². The lowest BCUT2D eigenvalue weighted by molar-refractivity contribution is -0.126. The highest BCUT2D eigenvalue weighted by Crippen LogP contribution is 2.29. The number of rotatable bonds is 3. The average molecular weight is 319 g/mol. The SMILES string of the molecule is CC(NC(=O)C1CCNCC1)c1cc(F)c(Cl)cc1Cl. The summed E-state index contributed by atoms with van der Waals surface area (Å²) in [6.07, 6.45) is 1.64. The fourth-order valence-electron chi connectivity index (χ4n) is 2.36. The molecule has 1 aliphatic rings. The summed E-state index contributed by atoms with van der Waals surface area (Å²) in [4.78, 5) is 12.1. The molecule has 1 aliphatic heterocycles. The van der Waals surface area contributed by atoms with Gasteiger partial charge in [0.15, 0.2) is 0 Å². The summed E-state index contributed by atoms with van der Waals surface area (Å²) < 4.78 is 13.5. The van der Waals surface area contributed by atoms with Crippen LogP contribution in [0.4, 0.5) is 4.39 Å². The van der Waals surface area contributed by atoms with Crippen LogP contribution in [-0.4, -0.2) is 19.0 Å². The Bertz CT molecular complexity index is 504. The van der Waals surface area contributed by atoms with Crippen molar-refractivity contribution >= 4 is 29.1 Å². The smallest absolute Gasteiger partial charge is 0.223 e. The highest BCUT2D eigenvalue weighted by atomic mass is 35.5. The first-order valence-electron chi connectivity index (χ1n) is 6.64. The highest BCUT2D eigenvalue weighted by Gasteiger charge is 2.23. The van der Waals surface area contributed by atoms with Gasteiger partial charge in [-0.1, -0.05) is 23.2 Å².